The van der Waals surface area contributed by atoms with E-state index in [0.29, 0.717) is 6.42 Å². The van der Waals surface area contributed by atoms with Gasteiger partial charge in [0.15, 0.2) is 0 Å². The van der Waals surface area contributed by atoms with Gasteiger partial charge in [0.2, 0.25) is 0 Å². The summed E-state index contributed by atoms with van der Waals surface area (Å²) in [5.41, 5.74) is 2.39. The van der Waals surface area contributed by atoms with Gasteiger partial charge in [0.25, 0.3) is 0 Å². The molecule has 0 aliphatic heterocycles. The molecule has 1 aliphatic rings. The zero-order valence-electron chi connectivity index (χ0n) is 10.9. The zero-order chi connectivity index (χ0) is 12.3. The Morgan fingerprint density at radius 1 is 1.35 bits per heavy atom. The molecular weight excluding hydrogens is 210 g/mol. The van der Waals surface area contributed by atoms with Crippen molar-refractivity contribution in [1.82, 2.24) is 4.98 Å². The predicted molar refractivity (Wildman–Crippen MR) is 69.9 cm³/mol. The molecule has 0 radical (unpaired) electrons. The van der Waals surface area contributed by atoms with Crippen LogP contribution in [0.4, 0.5) is 0 Å². The van der Waals surface area contributed by atoms with Crippen LogP contribution in [0, 0.1) is 5.41 Å². The van der Waals surface area contributed by atoms with Crippen molar-refractivity contribution in [2.24, 2.45) is 5.41 Å². The summed E-state index contributed by atoms with van der Waals surface area (Å²) in [5.74, 6) is 0. The van der Waals surface area contributed by atoms with E-state index >= 15 is 0 Å². The highest BCUT2D eigenvalue weighted by Gasteiger charge is 2.35. The van der Waals surface area contributed by atoms with E-state index in [9.17, 15) is 5.11 Å². The molecule has 2 nitrogen and oxygen atoms in total. The van der Waals surface area contributed by atoms with Crippen molar-refractivity contribution in [3.8, 4) is 0 Å². The molecule has 0 amide bonds. The topological polar surface area (TPSA) is 33.1 Å². The summed E-state index contributed by atoms with van der Waals surface area (Å²) in [7, 11) is 0. The van der Waals surface area contributed by atoms with Gasteiger partial charge in [-0.2, -0.15) is 0 Å². The lowest BCUT2D eigenvalue weighted by molar-refractivity contribution is 0.0416. The lowest BCUT2D eigenvalue weighted by Gasteiger charge is -2.29. The Balaban J connectivity index is 1.99. The van der Waals surface area contributed by atoms with Crippen molar-refractivity contribution in [3.05, 3.63) is 29.6 Å². The Morgan fingerprint density at radius 2 is 2.06 bits per heavy atom. The molecule has 1 aliphatic carbocycles. The molecule has 0 bridgehead atoms. The van der Waals surface area contributed by atoms with Crippen molar-refractivity contribution in [3.63, 3.8) is 0 Å². The van der Waals surface area contributed by atoms with Crippen molar-refractivity contribution in [2.75, 3.05) is 0 Å². The molecule has 0 spiro atoms. The van der Waals surface area contributed by atoms with Gasteiger partial charge in [0.05, 0.1) is 6.10 Å². The normalized spacial score (nSPS) is 20.4. The average molecular weight is 233 g/mol. The summed E-state index contributed by atoms with van der Waals surface area (Å²) in [6, 6.07) is 4.17. The molecule has 1 heterocycles. The van der Waals surface area contributed by atoms with Crippen LogP contribution in [0.2, 0.25) is 0 Å². The molecule has 17 heavy (non-hydrogen) atoms. The minimum absolute atomic E-state index is 0.116. The monoisotopic (exact) mass is 233 g/mol. The molecule has 0 aromatic carbocycles. The molecule has 1 fully saturated rings. The van der Waals surface area contributed by atoms with Crippen LogP contribution in [-0.4, -0.2) is 16.2 Å². The fraction of sp³-hybridized carbons (Fsp3) is 0.667. The molecule has 94 valence electrons. The number of aliphatic hydroxyl groups excluding tert-OH is 1. The van der Waals surface area contributed by atoms with Gasteiger partial charge in [0.1, 0.15) is 0 Å². The van der Waals surface area contributed by atoms with Gasteiger partial charge in [-0.25, -0.2) is 0 Å². The van der Waals surface area contributed by atoms with Crippen LogP contribution in [-0.2, 0) is 12.8 Å². The largest absolute Gasteiger partial charge is 0.392 e. The van der Waals surface area contributed by atoms with Gasteiger partial charge in [0, 0.05) is 18.3 Å². The van der Waals surface area contributed by atoms with E-state index in [1.807, 2.05) is 6.20 Å². The summed E-state index contributed by atoms with van der Waals surface area (Å²) < 4.78 is 0. The second-order valence-corrected chi connectivity index (χ2v) is 5.59. The van der Waals surface area contributed by atoms with Crippen LogP contribution in [0.5, 0.6) is 0 Å². The lowest BCUT2D eigenvalue weighted by atomic mass is 9.80. The minimum atomic E-state index is -0.245. The molecule has 2 rings (SSSR count). The molecule has 1 N–H and O–H groups in total. The van der Waals surface area contributed by atoms with Gasteiger partial charge < -0.3 is 5.11 Å². The van der Waals surface area contributed by atoms with E-state index < -0.39 is 0 Å². The molecule has 1 saturated carbocycles. The zero-order valence-corrected chi connectivity index (χ0v) is 10.9. The van der Waals surface area contributed by atoms with Crippen molar-refractivity contribution in [2.45, 2.75) is 58.5 Å². The minimum Gasteiger partial charge on any atom is -0.392 e. The quantitative estimate of drug-likeness (QED) is 0.866. The predicted octanol–water partition coefficient (Wildman–Crippen LogP) is 3.13. The summed E-state index contributed by atoms with van der Waals surface area (Å²) in [4.78, 5) is 4.43. The number of aromatic nitrogens is 1. The molecule has 1 atom stereocenters. The van der Waals surface area contributed by atoms with Gasteiger partial charge in [-0.05, 0) is 36.3 Å². The van der Waals surface area contributed by atoms with Gasteiger partial charge in [-0.1, -0.05) is 32.8 Å². The smallest absolute Gasteiger partial charge is 0.0649 e. The molecule has 2 heteroatoms. The molecular formula is C15H23NO. The van der Waals surface area contributed by atoms with Crippen LogP contribution < -0.4 is 0 Å². The average Bonchev–Trinajstić information content (AvgIpc) is 2.78. The highest BCUT2D eigenvalue weighted by molar-refractivity contribution is 5.15. The number of hydrogen-bond acceptors (Lipinski definition) is 2. The van der Waals surface area contributed by atoms with Gasteiger partial charge >= 0.3 is 0 Å². The van der Waals surface area contributed by atoms with Gasteiger partial charge in [-0.3, -0.25) is 4.98 Å². The maximum absolute atomic E-state index is 10.3. The Labute approximate surface area is 104 Å². The maximum Gasteiger partial charge on any atom is 0.0649 e. The van der Waals surface area contributed by atoms with E-state index in [2.05, 4.69) is 31.0 Å². The Kier molecular flexibility index (Phi) is 3.82. The van der Waals surface area contributed by atoms with Gasteiger partial charge in [-0.15, -0.1) is 0 Å². The Hall–Kier alpha value is -0.890. The van der Waals surface area contributed by atoms with Crippen LogP contribution in [0.15, 0.2) is 18.3 Å². The third-order valence-corrected chi connectivity index (χ3v) is 4.25. The SMILES string of the molecule is CCc1ccc(CC(O)C2(C)CCCC2)nc1. The second kappa shape index (κ2) is 5.18. The Morgan fingerprint density at radius 3 is 2.59 bits per heavy atom. The Bertz CT molecular complexity index is 352. The molecule has 1 aromatic rings. The third-order valence-electron chi connectivity index (χ3n) is 4.25. The van der Waals surface area contributed by atoms with E-state index in [-0.39, 0.29) is 11.5 Å². The standard InChI is InChI=1S/C15H23NO/c1-3-12-6-7-13(16-11-12)10-14(17)15(2)8-4-5-9-15/h6-7,11,14,17H,3-5,8-10H2,1-2H3. The summed E-state index contributed by atoms with van der Waals surface area (Å²) in [5, 5.41) is 10.3. The number of aryl methyl sites for hydroxylation is 1. The van der Waals surface area contributed by atoms with E-state index in [1.54, 1.807) is 0 Å². The summed E-state index contributed by atoms with van der Waals surface area (Å²) in [6.45, 7) is 4.34. The fourth-order valence-corrected chi connectivity index (χ4v) is 2.75. The van der Waals surface area contributed by atoms with Crippen LogP contribution in [0.1, 0.15) is 50.8 Å². The number of hydrogen-bond donors (Lipinski definition) is 1. The van der Waals surface area contributed by atoms with E-state index in [0.717, 1.165) is 25.0 Å². The number of nitrogens with zero attached hydrogens (tertiary/aromatic N) is 1. The maximum atomic E-state index is 10.3. The molecule has 0 saturated heterocycles. The van der Waals surface area contributed by atoms with E-state index in [4.69, 9.17) is 0 Å². The van der Waals surface area contributed by atoms with Crippen LogP contribution in [0.25, 0.3) is 0 Å². The highest BCUT2D eigenvalue weighted by Crippen LogP contribution is 2.41. The van der Waals surface area contributed by atoms with Crippen molar-refractivity contribution < 1.29 is 5.11 Å². The first kappa shape index (κ1) is 12.6. The summed E-state index contributed by atoms with van der Waals surface area (Å²) in [6.07, 6.45) is 8.23. The molecule has 1 unspecified atom stereocenters. The second-order valence-electron chi connectivity index (χ2n) is 5.59. The van der Waals surface area contributed by atoms with E-state index in [1.165, 1.54) is 18.4 Å². The lowest BCUT2D eigenvalue weighted by Crippen LogP contribution is -2.31. The number of aliphatic hydroxyl groups is 1. The van der Waals surface area contributed by atoms with Crippen molar-refractivity contribution in [1.29, 1.82) is 0 Å². The number of rotatable bonds is 4. The molecule has 1 aromatic heterocycles. The first-order chi connectivity index (χ1) is 8.14. The first-order valence-electron chi connectivity index (χ1n) is 6.76. The fourth-order valence-electron chi connectivity index (χ4n) is 2.75. The third kappa shape index (κ3) is 2.86. The van der Waals surface area contributed by atoms with Crippen molar-refractivity contribution >= 4 is 0 Å². The number of pyridine rings is 1. The van der Waals surface area contributed by atoms with Crippen LogP contribution in [0.3, 0.4) is 0 Å². The summed E-state index contributed by atoms with van der Waals surface area (Å²) >= 11 is 0. The highest BCUT2D eigenvalue weighted by atomic mass is 16.3. The van der Waals surface area contributed by atoms with Crippen LogP contribution >= 0.6 is 0 Å². The first-order valence-corrected chi connectivity index (χ1v) is 6.76.